The number of nitrogens with one attached hydrogen (secondary N) is 1. The SMILES string of the molecule is CC(C)(C)OC(=O)N1Cc2nc(Cl)nc(NF)c2C1. The van der Waals surface area contributed by atoms with E-state index in [2.05, 4.69) is 9.97 Å². The van der Waals surface area contributed by atoms with Crippen molar-refractivity contribution in [3.8, 4) is 0 Å². The number of hydrogen-bond acceptors (Lipinski definition) is 5. The summed E-state index contributed by atoms with van der Waals surface area (Å²) in [6.07, 6.45) is -0.480. The van der Waals surface area contributed by atoms with E-state index in [4.69, 9.17) is 16.3 Å². The molecule has 6 nitrogen and oxygen atoms in total. The number of hydrogen-bond donors (Lipinski definition) is 1. The van der Waals surface area contributed by atoms with Crippen LogP contribution in [0.25, 0.3) is 0 Å². The summed E-state index contributed by atoms with van der Waals surface area (Å²) in [5.41, 5.74) is 1.91. The van der Waals surface area contributed by atoms with Gasteiger partial charge >= 0.3 is 6.09 Å². The first-order chi connectivity index (χ1) is 8.80. The van der Waals surface area contributed by atoms with Gasteiger partial charge in [-0.05, 0) is 32.4 Å². The van der Waals surface area contributed by atoms with Gasteiger partial charge in [0, 0.05) is 5.56 Å². The van der Waals surface area contributed by atoms with E-state index in [0.717, 1.165) is 0 Å². The second-order valence-electron chi connectivity index (χ2n) is 5.20. The predicted octanol–water partition coefficient (Wildman–Crippen LogP) is 2.68. The monoisotopic (exact) mass is 288 g/mol. The number of carbonyl (C=O) groups excluding carboxylic acids is 1. The number of amides is 1. The van der Waals surface area contributed by atoms with E-state index in [9.17, 15) is 9.28 Å². The second kappa shape index (κ2) is 4.80. The lowest BCUT2D eigenvalue weighted by atomic mass is 10.2. The second-order valence-corrected chi connectivity index (χ2v) is 5.54. The van der Waals surface area contributed by atoms with Gasteiger partial charge in [-0.2, -0.15) is 4.98 Å². The molecule has 0 saturated heterocycles. The van der Waals surface area contributed by atoms with E-state index in [1.165, 1.54) is 10.4 Å². The van der Waals surface area contributed by atoms with E-state index in [-0.39, 0.29) is 24.2 Å². The van der Waals surface area contributed by atoms with Crippen LogP contribution in [0.3, 0.4) is 0 Å². The number of halogens is 2. The summed E-state index contributed by atoms with van der Waals surface area (Å²) in [6.45, 7) is 5.74. The average Bonchev–Trinajstić information content (AvgIpc) is 2.69. The van der Waals surface area contributed by atoms with Gasteiger partial charge in [-0.25, -0.2) is 15.3 Å². The van der Waals surface area contributed by atoms with Crippen LogP contribution in [0, 0.1) is 0 Å². The fourth-order valence-electron chi connectivity index (χ4n) is 1.76. The largest absolute Gasteiger partial charge is 0.444 e. The molecular weight excluding hydrogens is 275 g/mol. The molecule has 1 aromatic rings. The Morgan fingerprint density at radius 2 is 2.11 bits per heavy atom. The first kappa shape index (κ1) is 13.8. The smallest absolute Gasteiger partial charge is 0.410 e. The van der Waals surface area contributed by atoms with E-state index >= 15 is 0 Å². The number of rotatable bonds is 1. The van der Waals surface area contributed by atoms with Crippen molar-refractivity contribution in [2.75, 3.05) is 5.54 Å². The molecule has 0 aromatic carbocycles. The summed E-state index contributed by atoms with van der Waals surface area (Å²) in [5, 5.41) is -0.0649. The minimum atomic E-state index is -0.587. The van der Waals surface area contributed by atoms with Gasteiger partial charge in [0.15, 0.2) is 5.82 Å². The van der Waals surface area contributed by atoms with Crippen LogP contribution in [0.15, 0.2) is 0 Å². The Morgan fingerprint density at radius 3 is 2.68 bits per heavy atom. The van der Waals surface area contributed by atoms with Crippen LogP contribution in [0.5, 0.6) is 0 Å². The number of anilines is 1. The van der Waals surface area contributed by atoms with Crippen molar-refractivity contribution in [3.63, 3.8) is 0 Å². The molecule has 0 unspecified atom stereocenters. The van der Waals surface area contributed by atoms with Gasteiger partial charge in [0.25, 0.3) is 0 Å². The maximum absolute atomic E-state index is 12.6. The fourth-order valence-corrected chi connectivity index (χ4v) is 1.95. The Kier molecular flexibility index (Phi) is 3.49. The molecular formula is C11H14ClFN4O2. The molecule has 0 spiro atoms. The number of aromatic nitrogens is 2. The molecule has 1 aliphatic heterocycles. The normalized spacial score (nSPS) is 14.3. The Labute approximate surface area is 114 Å². The van der Waals surface area contributed by atoms with Crippen LogP contribution in [0.4, 0.5) is 15.1 Å². The molecule has 2 heterocycles. The summed E-state index contributed by atoms with van der Waals surface area (Å²) < 4.78 is 17.9. The third-order valence-corrected chi connectivity index (χ3v) is 2.67. The van der Waals surface area contributed by atoms with E-state index in [1.807, 2.05) is 0 Å². The van der Waals surface area contributed by atoms with Crippen molar-refractivity contribution in [1.82, 2.24) is 14.9 Å². The highest BCUT2D eigenvalue weighted by atomic mass is 35.5. The molecule has 0 radical (unpaired) electrons. The van der Waals surface area contributed by atoms with Crippen molar-refractivity contribution in [3.05, 3.63) is 16.5 Å². The Morgan fingerprint density at radius 1 is 1.42 bits per heavy atom. The van der Waals surface area contributed by atoms with E-state index in [1.54, 1.807) is 20.8 Å². The molecule has 0 fully saturated rings. The number of fused-ring (bicyclic) bond motifs is 1. The molecule has 2 rings (SSSR count). The molecule has 1 aliphatic rings. The summed E-state index contributed by atoms with van der Waals surface area (Å²) in [6, 6.07) is 0. The van der Waals surface area contributed by atoms with Crippen LogP contribution in [-0.2, 0) is 17.8 Å². The minimum Gasteiger partial charge on any atom is -0.444 e. The lowest BCUT2D eigenvalue weighted by Crippen LogP contribution is -2.33. The third kappa shape index (κ3) is 3.04. The molecule has 19 heavy (non-hydrogen) atoms. The maximum Gasteiger partial charge on any atom is 0.410 e. The Bertz CT molecular complexity index is 518. The Balaban J connectivity index is 2.18. The van der Waals surface area contributed by atoms with Crippen molar-refractivity contribution >= 4 is 23.5 Å². The highest BCUT2D eigenvalue weighted by molar-refractivity contribution is 6.28. The highest BCUT2D eigenvalue weighted by Gasteiger charge is 2.31. The molecule has 0 saturated carbocycles. The molecule has 8 heteroatoms. The summed E-state index contributed by atoms with van der Waals surface area (Å²) in [7, 11) is 0. The lowest BCUT2D eigenvalue weighted by Gasteiger charge is -2.23. The van der Waals surface area contributed by atoms with Crippen LogP contribution >= 0.6 is 11.6 Å². The predicted molar refractivity (Wildman–Crippen MR) is 67.3 cm³/mol. The number of nitrogens with zero attached hydrogens (tertiary/aromatic N) is 3. The zero-order valence-electron chi connectivity index (χ0n) is 10.8. The molecule has 0 aliphatic carbocycles. The lowest BCUT2D eigenvalue weighted by molar-refractivity contribution is 0.0241. The molecule has 1 N–H and O–H groups in total. The zero-order valence-corrected chi connectivity index (χ0v) is 11.6. The summed E-state index contributed by atoms with van der Waals surface area (Å²) in [4.78, 5) is 21.1. The Hall–Kier alpha value is -1.63. The summed E-state index contributed by atoms with van der Waals surface area (Å²) >= 11 is 5.68. The first-order valence-corrected chi connectivity index (χ1v) is 6.08. The average molecular weight is 289 g/mol. The third-order valence-electron chi connectivity index (χ3n) is 2.50. The zero-order chi connectivity index (χ0) is 14.2. The van der Waals surface area contributed by atoms with Gasteiger partial charge in [0.2, 0.25) is 5.28 Å². The summed E-state index contributed by atoms with van der Waals surface area (Å²) in [5.74, 6) is -0.0129. The van der Waals surface area contributed by atoms with Crippen molar-refractivity contribution in [2.24, 2.45) is 0 Å². The standard InChI is InChI=1S/C11H14ClFN4O2/c1-11(2,3)19-10(18)17-4-6-7(5-17)14-9(12)15-8(6)16-13/h4-5H2,1-3H3,(H,14,15,16). The van der Waals surface area contributed by atoms with Gasteiger partial charge in [-0.15, -0.1) is 4.48 Å². The van der Waals surface area contributed by atoms with E-state index in [0.29, 0.717) is 11.3 Å². The van der Waals surface area contributed by atoms with Crippen LogP contribution in [0.1, 0.15) is 32.0 Å². The van der Waals surface area contributed by atoms with Crippen molar-refractivity contribution < 1.29 is 14.0 Å². The topological polar surface area (TPSA) is 67.3 Å². The van der Waals surface area contributed by atoms with Crippen LogP contribution < -0.4 is 5.54 Å². The van der Waals surface area contributed by atoms with Crippen molar-refractivity contribution in [1.29, 1.82) is 0 Å². The highest BCUT2D eigenvalue weighted by Crippen LogP contribution is 2.29. The fraction of sp³-hybridized carbons (Fsp3) is 0.545. The number of ether oxygens (including phenoxy) is 1. The number of carbonyl (C=O) groups is 1. The minimum absolute atomic E-state index is 0.0129. The molecule has 0 bridgehead atoms. The van der Waals surface area contributed by atoms with Gasteiger partial charge in [-0.1, -0.05) is 0 Å². The van der Waals surface area contributed by atoms with Crippen LogP contribution in [-0.4, -0.2) is 26.6 Å². The van der Waals surface area contributed by atoms with Gasteiger partial charge in [-0.3, -0.25) is 4.90 Å². The van der Waals surface area contributed by atoms with Crippen molar-refractivity contribution in [2.45, 2.75) is 39.5 Å². The molecule has 104 valence electrons. The van der Waals surface area contributed by atoms with E-state index < -0.39 is 11.7 Å². The van der Waals surface area contributed by atoms with Gasteiger partial charge in [0.1, 0.15) is 5.60 Å². The maximum atomic E-state index is 12.6. The van der Waals surface area contributed by atoms with Gasteiger partial charge < -0.3 is 4.74 Å². The van der Waals surface area contributed by atoms with Gasteiger partial charge in [0.05, 0.1) is 18.8 Å². The molecule has 1 aromatic heterocycles. The molecule has 0 atom stereocenters. The quantitative estimate of drug-likeness (QED) is 0.636. The molecule has 1 amide bonds. The first-order valence-electron chi connectivity index (χ1n) is 5.70. The van der Waals surface area contributed by atoms with Crippen LogP contribution in [0.2, 0.25) is 5.28 Å².